The van der Waals surface area contributed by atoms with Crippen molar-refractivity contribution in [2.75, 3.05) is 5.75 Å². The maximum atomic E-state index is 11.2. The number of hydrogen-bond donors (Lipinski definition) is 1. The number of nitrogens with one attached hydrogen (secondary N) is 1. The van der Waals surface area contributed by atoms with E-state index < -0.39 is 9.84 Å². The molecular weight excluding hydrogens is 338 g/mol. The van der Waals surface area contributed by atoms with Gasteiger partial charge in [-0.2, -0.15) is 0 Å². The molecule has 7 heteroatoms. The van der Waals surface area contributed by atoms with Crippen molar-refractivity contribution < 1.29 is 13.2 Å². The van der Waals surface area contributed by atoms with Gasteiger partial charge < -0.3 is 10.1 Å². The predicted octanol–water partition coefficient (Wildman–Crippen LogP) is 2.01. The van der Waals surface area contributed by atoms with E-state index in [1.54, 1.807) is 12.1 Å². The number of hydrogen-bond acceptors (Lipinski definition) is 4. The Morgan fingerprint density at radius 2 is 2.17 bits per heavy atom. The Hall–Kier alpha value is -0.920. The molecule has 0 spiro atoms. The number of benzene rings is 1. The highest BCUT2D eigenvalue weighted by Crippen LogP contribution is 2.23. The first kappa shape index (κ1) is 13.5. The lowest BCUT2D eigenvalue weighted by Crippen LogP contribution is -2.37. The summed E-state index contributed by atoms with van der Waals surface area (Å²) in [6.07, 6.45) is 1.56. The van der Waals surface area contributed by atoms with Gasteiger partial charge in [0.25, 0.3) is 5.17 Å². The van der Waals surface area contributed by atoms with Crippen LogP contribution in [0, 0.1) is 0 Å². The van der Waals surface area contributed by atoms with Crippen molar-refractivity contribution in [3.05, 3.63) is 40.2 Å². The molecule has 0 radical (unpaired) electrons. The summed E-state index contributed by atoms with van der Waals surface area (Å²) in [7, 11) is -3.09. The first-order chi connectivity index (χ1) is 8.46. The molecule has 0 aromatic heterocycles. The standard InChI is InChI=1S/C11H10BrNO3S2/c12-9-3-1-2-4-10(9)16-11(17)13-8-5-6-18(14,15)7-8/h1-6,8H,7H2,(H,13,17). The van der Waals surface area contributed by atoms with E-state index in [2.05, 4.69) is 21.2 Å². The monoisotopic (exact) mass is 347 g/mol. The highest BCUT2D eigenvalue weighted by atomic mass is 79.9. The summed E-state index contributed by atoms with van der Waals surface area (Å²) in [6, 6.07) is 6.95. The Morgan fingerprint density at radius 1 is 1.44 bits per heavy atom. The van der Waals surface area contributed by atoms with Gasteiger partial charge in [0.15, 0.2) is 9.84 Å². The van der Waals surface area contributed by atoms with E-state index in [-0.39, 0.29) is 17.0 Å². The molecule has 96 valence electrons. The largest absolute Gasteiger partial charge is 0.431 e. The van der Waals surface area contributed by atoms with Crippen LogP contribution in [0.5, 0.6) is 5.75 Å². The average molecular weight is 348 g/mol. The fourth-order valence-electron chi connectivity index (χ4n) is 1.47. The Morgan fingerprint density at radius 3 is 2.78 bits per heavy atom. The summed E-state index contributed by atoms with van der Waals surface area (Å²) in [5.74, 6) is 0.590. The summed E-state index contributed by atoms with van der Waals surface area (Å²) in [5.41, 5.74) is 0. The zero-order valence-corrected chi connectivity index (χ0v) is 12.4. The van der Waals surface area contributed by atoms with E-state index in [1.807, 2.05) is 18.2 Å². The topological polar surface area (TPSA) is 55.4 Å². The SMILES string of the molecule is O=S1(=O)C=CC(NC(=S)Oc2ccccc2Br)C1. The van der Waals surface area contributed by atoms with Gasteiger partial charge in [0.2, 0.25) is 0 Å². The normalized spacial score (nSPS) is 20.6. The predicted molar refractivity (Wildman–Crippen MR) is 77.2 cm³/mol. The van der Waals surface area contributed by atoms with Crippen LogP contribution in [0.25, 0.3) is 0 Å². The number of sulfone groups is 1. The third kappa shape index (κ3) is 3.54. The van der Waals surface area contributed by atoms with Crippen molar-refractivity contribution in [3.63, 3.8) is 0 Å². The van der Waals surface area contributed by atoms with E-state index >= 15 is 0 Å². The fraction of sp³-hybridized carbons (Fsp3) is 0.182. The molecule has 0 bridgehead atoms. The molecule has 0 fully saturated rings. The molecule has 0 amide bonds. The second kappa shape index (κ2) is 5.38. The van der Waals surface area contributed by atoms with Crippen LogP contribution >= 0.6 is 28.1 Å². The van der Waals surface area contributed by atoms with Crippen molar-refractivity contribution in [2.24, 2.45) is 0 Å². The molecule has 1 unspecified atom stereocenters. The van der Waals surface area contributed by atoms with Gasteiger partial charge >= 0.3 is 0 Å². The lowest BCUT2D eigenvalue weighted by atomic mass is 10.3. The number of halogens is 1. The van der Waals surface area contributed by atoms with Crippen LogP contribution in [-0.2, 0) is 9.84 Å². The zero-order chi connectivity index (χ0) is 13.2. The minimum absolute atomic E-state index is 0.00641. The summed E-state index contributed by atoms with van der Waals surface area (Å²) < 4.78 is 28.6. The van der Waals surface area contributed by atoms with E-state index in [1.165, 1.54) is 5.41 Å². The van der Waals surface area contributed by atoms with Crippen LogP contribution in [0.1, 0.15) is 0 Å². The van der Waals surface area contributed by atoms with Gasteiger partial charge in [-0.1, -0.05) is 12.1 Å². The Balaban J connectivity index is 1.95. The molecule has 0 saturated carbocycles. The van der Waals surface area contributed by atoms with Crippen LogP contribution in [0.3, 0.4) is 0 Å². The third-order valence-electron chi connectivity index (χ3n) is 2.27. The Kier molecular flexibility index (Phi) is 4.04. The van der Waals surface area contributed by atoms with Gasteiger partial charge in [0.05, 0.1) is 16.3 Å². The first-order valence-corrected chi connectivity index (χ1v) is 8.02. The molecule has 1 aromatic carbocycles. The van der Waals surface area contributed by atoms with Crippen LogP contribution in [0.4, 0.5) is 0 Å². The van der Waals surface area contributed by atoms with Crippen LogP contribution < -0.4 is 10.1 Å². The summed E-state index contributed by atoms with van der Waals surface area (Å²) >= 11 is 8.36. The van der Waals surface area contributed by atoms with E-state index in [0.717, 1.165) is 4.47 Å². The summed E-state index contributed by atoms with van der Waals surface area (Å²) in [5, 5.41) is 4.17. The second-order valence-electron chi connectivity index (χ2n) is 3.73. The van der Waals surface area contributed by atoms with Gasteiger partial charge in [0.1, 0.15) is 5.75 Å². The van der Waals surface area contributed by atoms with Gasteiger partial charge in [-0.3, -0.25) is 0 Å². The number of rotatable bonds is 2. The molecule has 18 heavy (non-hydrogen) atoms. The minimum atomic E-state index is -3.09. The number of para-hydroxylation sites is 1. The highest BCUT2D eigenvalue weighted by molar-refractivity contribution is 9.10. The maximum absolute atomic E-state index is 11.2. The van der Waals surface area contributed by atoms with Crippen LogP contribution in [0.15, 0.2) is 40.2 Å². The van der Waals surface area contributed by atoms with Gasteiger partial charge in [-0.25, -0.2) is 8.42 Å². The van der Waals surface area contributed by atoms with Crippen LogP contribution in [-0.4, -0.2) is 25.4 Å². The van der Waals surface area contributed by atoms with Gasteiger partial charge in [0, 0.05) is 5.41 Å². The number of thiocarbonyl (C=S) groups is 1. The van der Waals surface area contributed by atoms with Gasteiger partial charge in [-0.15, -0.1) is 0 Å². The molecule has 2 rings (SSSR count). The molecule has 0 aliphatic carbocycles. The summed E-state index contributed by atoms with van der Waals surface area (Å²) in [4.78, 5) is 0. The fourth-order valence-corrected chi connectivity index (χ4v) is 3.32. The molecule has 1 N–H and O–H groups in total. The van der Waals surface area contributed by atoms with E-state index in [4.69, 9.17) is 17.0 Å². The van der Waals surface area contributed by atoms with Gasteiger partial charge in [-0.05, 0) is 46.4 Å². The molecule has 0 saturated heterocycles. The van der Waals surface area contributed by atoms with E-state index in [9.17, 15) is 8.42 Å². The second-order valence-corrected chi connectivity index (χ2v) is 6.89. The molecule has 1 aliphatic heterocycles. The Bertz CT molecular complexity index is 598. The molecule has 1 atom stereocenters. The maximum Gasteiger partial charge on any atom is 0.262 e. The number of ether oxygens (including phenoxy) is 1. The molecule has 4 nitrogen and oxygen atoms in total. The van der Waals surface area contributed by atoms with Crippen LogP contribution in [0.2, 0.25) is 0 Å². The lowest BCUT2D eigenvalue weighted by molar-refractivity contribution is 0.521. The van der Waals surface area contributed by atoms with E-state index in [0.29, 0.717) is 5.75 Å². The lowest BCUT2D eigenvalue weighted by Gasteiger charge is -2.13. The molecule has 1 aliphatic rings. The highest BCUT2D eigenvalue weighted by Gasteiger charge is 2.22. The van der Waals surface area contributed by atoms with Crippen molar-refractivity contribution in [3.8, 4) is 5.75 Å². The third-order valence-corrected chi connectivity index (χ3v) is 4.52. The average Bonchev–Trinajstić information content (AvgIpc) is 2.61. The van der Waals surface area contributed by atoms with Crippen molar-refractivity contribution >= 4 is 43.2 Å². The molecule has 1 aromatic rings. The Labute approximate surface area is 119 Å². The molecular formula is C11H10BrNO3S2. The zero-order valence-electron chi connectivity index (χ0n) is 9.17. The minimum Gasteiger partial charge on any atom is -0.431 e. The van der Waals surface area contributed by atoms with Crippen molar-refractivity contribution in [1.29, 1.82) is 0 Å². The quantitative estimate of drug-likeness (QED) is 0.829. The smallest absolute Gasteiger partial charge is 0.262 e. The van der Waals surface area contributed by atoms with Crippen molar-refractivity contribution in [1.82, 2.24) is 5.32 Å². The first-order valence-electron chi connectivity index (χ1n) is 5.10. The van der Waals surface area contributed by atoms with Crippen molar-refractivity contribution in [2.45, 2.75) is 6.04 Å². The molecule has 1 heterocycles. The summed E-state index contributed by atoms with van der Waals surface area (Å²) in [6.45, 7) is 0.